The minimum atomic E-state index is -1.01. The van der Waals surface area contributed by atoms with Crippen molar-refractivity contribution in [3.63, 3.8) is 0 Å². The van der Waals surface area contributed by atoms with E-state index in [0.29, 0.717) is 23.7 Å². The number of aliphatic hydroxyl groups excluding tert-OH is 1. The summed E-state index contributed by atoms with van der Waals surface area (Å²) in [7, 11) is 0. The number of ether oxygens (including phenoxy) is 1. The molecule has 0 radical (unpaired) electrons. The van der Waals surface area contributed by atoms with Crippen LogP contribution in [-0.2, 0) is 22.7 Å². The maximum atomic E-state index is 12.9. The molecular weight excluding hydrogens is 344 g/mol. The van der Waals surface area contributed by atoms with Crippen LogP contribution < -0.4 is 10.6 Å². The summed E-state index contributed by atoms with van der Waals surface area (Å²) in [5.74, 6) is -0.390. The summed E-state index contributed by atoms with van der Waals surface area (Å²) < 4.78 is 5.54. The van der Waals surface area contributed by atoms with E-state index in [9.17, 15) is 10.0 Å². The largest absolute Gasteiger partial charge is 0.743 e. The Bertz CT molecular complexity index is 728. The van der Waals surface area contributed by atoms with Crippen molar-refractivity contribution in [1.29, 1.82) is 0 Å². The van der Waals surface area contributed by atoms with Crippen molar-refractivity contribution in [2.24, 2.45) is 0 Å². The third kappa shape index (κ3) is 4.86. The number of hydrogen-bond acceptors (Lipinski definition) is 6. The fraction of sp³-hybridized carbons (Fsp3) is 0.381. The van der Waals surface area contributed by atoms with Crippen molar-refractivity contribution < 1.29 is 14.6 Å². The van der Waals surface area contributed by atoms with Gasteiger partial charge < -0.3 is 20.2 Å². The van der Waals surface area contributed by atoms with Crippen molar-refractivity contribution in [2.75, 3.05) is 5.17 Å². The van der Waals surface area contributed by atoms with Crippen LogP contribution in [-0.4, -0.2) is 16.6 Å². The summed E-state index contributed by atoms with van der Waals surface area (Å²) in [5.41, 5.74) is 3.87. The Kier molecular flexibility index (Phi) is 6.45. The van der Waals surface area contributed by atoms with Crippen LogP contribution >= 0.6 is 0 Å². The van der Waals surface area contributed by atoms with Gasteiger partial charge in [0.25, 0.3) is 0 Å². The van der Waals surface area contributed by atoms with Crippen LogP contribution in [0.2, 0.25) is 0 Å². The van der Waals surface area contributed by atoms with Gasteiger partial charge in [0.2, 0.25) is 0 Å². The average Bonchev–Trinajstić information content (AvgIpc) is 2.73. The summed E-state index contributed by atoms with van der Waals surface area (Å²) in [4.78, 5) is 12.9. The smallest absolute Gasteiger partial charge is 0.328 e. The third-order valence-electron chi connectivity index (χ3n) is 4.98. The number of nitrogens with one attached hydrogen (secondary N) is 1. The summed E-state index contributed by atoms with van der Waals surface area (Å²) in [6, 6.07) is 16.1. The van der Waals surface area contributed by atoms with E-state index in [1.807, 2.05) is 30.3 Å². The van der Waals surface area contributed by atoms with Crippen LogP contribution in [0.25, 0.3) is 0 Å². The number of aliphatic hydroxyl groups is 1. The summed E-state index contributed by atoms with van der Waals surface area (Å²) in [6.45, 7) is 0.107. The second kappa shape index (κ2) is 8.99. The molecule has 0 saturated heterocycles. The van der Waals surface area contributed by atoms with E-state index in [-0.39, 0.29) is 19.2 Å². The van der Waals surface area contributed by atoms with Gasteiger partial charge in [0.15, 0.2) is 0 Å². The normalized spacial score (nSPS) is 15.9. The highest BCUT2D eigenvalue weighted by Gasteiger charge is 2.41. The molecule has 0 amide bonds. The Morgan fingerprint density at radius 1 is 1.04 bits per heavy atom. The SMILES string of the molecule is O=C(OCc1ccccc1)C1(NN([O-])c2ccc(CO)cc2)CCCCC1. The number of hydrogen-bond donors (Lipinski definition) is 2. The topological polar surface area (TPSA) is 84.9 Å². The van der Waals surface area contributed by atoms with Gasteiger partial charge in [-0.2, -0.15) is 0 Å². The first-order valence-corrected chi connectivity index (χ1v) is 9.29. The molecule has 0 aromatic heterocycles. The van der Waals surface area contributed by atoms with Gasteiger partial charge >= 0.3 is 5.97 Å². The van der Waals surface area contributed by atoms with E-state index in [1.165, 1.54) is 0 Å². The predicted molar refractivity (Wildman–Crippen MR) is 103 cm³/mol. The molecule has 2 N–H and O–H groups in total. The Morgan fingerprint density at radius 2 is 1.70 bits per heavy atom. The first kappa shape index (κ1) is 19.4. The summed E-state index contributed by atoms with van der Waals surface area (Å²) >= 11 is 0. The quantitative estimate of drug-likeness (QED) is 0.574. The number of nitrogens with zero attached hydrogens (tertiary/aromatic N) is 1. The van der Waals surface area contributed by atoms with Crippen LogP contribution in [0, 0.1) is 5.21 Å². The van der Waals surface area contributed by atoms with Gasteiger partial charge in [-0.3, -0.25) is 0 Å². The van der Waals surface area contributed by atoms with E-state index in [4.69, 9.17) is 9.84 Å². The second-order valence-corrected chi connectivity index (χ2v) is 6.94. The van der Waals surface area contributed by atoms with Crippen molar-refractivity contribution >= 4 is 11.7 Å². The van der Waals surface area contributed by atoms with Gasteiger partial charge in [-0.05, 0) is 36.1 Å². The lowest BCUT2D eigenvalue weighted by atomic mass is 9.82. The lowest BCUT2D eigenvalue weighted by Crippen LogP contribution is -2.59. The van der Waals surface area contributed by atoms with Crippen LogP contribution in [0.4, 0.5) is 5.69 Å². The Balaban J connectivity index is 1.70. The molecule has 1 aliphatic carbocycles. The molecule has 2 aromatic carbocycles. The third-order valence-corrected chi connectivity index (χ3v) is 4.98. The van der Waals surface area contributed by atoms with Crippen molar-refractivity contribution in [3.05, 3.63) is 70.9 Å². The Hall–Kier alpha value is -2.41. The predicted octanol–water partition coefficient (Wildman–Crippen LogP) is 3.43. The number of carbonyl (C=O) groups is 1. The molecule has 3 rings (SSSR count). The van der Waals surface area contributed by atoms with Gasteiger partial charge in [-0.15, -0.1) is 0 Å². The molecule has 0 unspecified atom stereocenters. The fourth-order valence-corrected chi connectivity index (χ4v) is 3.37. The molecule has 6 heteroatoms. The Morgan fingerprint density at radius 3 is 2.33 bits per heavy atom. The van der Waals surface area contributed by atoms with Crippen LogP contribution in [0.5, 0.6) is 0 Å². The Labute approximate surface area is 159 Å². The number of esters is 1. The van der Waals surface area contributed by atoms with Crippen LogP contribution in [0.1, 0.15) is 43.2 Å². The number of carbonyl (C=O) groups excluding carboxylic acids is 1. The molecule has 27 heavy (non-hydrogen) atoms. The minimum Gasteiger partial charge on any atom is -0.743 e. The highest BCUT2D eigenvalue weighted by atomic mass is 16.6. The monoisotopic (exact) mass is 369 g/mol. The molecule has 0 bridgehead atoms. The molecule has 1 aliphatic rings. The lowest BCUT2D eigenvalue weighted by molar-refractivity contribution is -0.154. The maximum absolute atomic E-state index is 12.9. The zero-order chi connectivity index (χ0) is 19.1. The van der Waals surface area contributed by atoms with Gasteiger partial charge in [-0.1, -0.05) is 61.7 Å². The van der Waals surface area contributed by atoms with Crippen LogP contribution in [0.3, 0.4) is 0 Å². The standard InChI is InChI=1S/C21H25N2O4/c24-15-17-9-11-19(12-10-17)23(26)22-21(13-5-2-6-14-21)20(25)27-16-18-7-3-1-4-8-18/h1,3-4,7-12,22,24H,2,5-6,13-16H2/q-1. The highest BCUT2D eigenvalue weighted by Crippen LogP contribution is 2.31. The van der Waals surface area contributed by atoms with E-state index < -0.39 is 5.54 Å². The minimum absolute atomic E-state index is 0.0810. The highest BCUT2D eigenvalue weighted by molar-refractivity contribution is 5.81. The first-order valence-electron chi connectivity index (χ1n) is 9.29. The van der Waals surface area contributed by atoms with Crippen molar-refractivity contribution in [2.45, 2.75) is 50.9 Å². The van der Waals surface area contributed by atoms with E-state index >= 15 is 0 Å². The molecule has 1 saturated carbocycles. The fourth-order valence-electron chi connectivity index (χ4n) is 3.37. The lowest BCUT2D eigenvalue weighted by Gasteiger charge is -2.43. The van der Waals surface area contributed by atoms with Crippen LogP contribution in [0.15, 0.2) is 54.6 Å². The molecule has 1 fully saturated rings. The molecular formula is C21H25N2O4-. The second-order valence-electron chi connectivity index (χ2n) is 6.94. The zero-order valence-corrected chi connectivity index (χ0v) is 15.3. The van der Waals surface area contributed by atoms with Crippen molar-refractivity contribution in [3.8, 4) is 0 Å². The molecule has 0 spiro atoms. The van der Waals surface area contributed by atoms with Gasteiger partial charge in [0.1, 0.15) is 12.1 Å². The number of hydrazine groups is 1. The first-order chi connectivity index (χ1) is 13.1. The number of rotatable bonds is 7. The molecule has 0 heterocycles. The number of benzene rings is 2. The van der Waals surface area contributed by atoms with Gasteiger partial charge in [0, 0.05) is 5.69 Å². The molecule has 0 aliphatic heterocycles. The van der Waals surface area contributed by atoms with E-state index in [2.05, 4.69) is 5.43 Å². The zero-order valence-electron chi connectivity index (χ0n) is 15.3. The molecule has 144 valence electrons. The van der Waals surface area contributed by atoms with Gasteiger partial charge in [0.05, 0.1) is 6.61 Å². The summed E-state index contributed by atoms with van der Waals surface area (Å²) in [5, 5.41) is 22.4. The summed E-state index contributed by atoms with van der Waals surface area (Å²) in [6.07, 6.45) is 3.90. The average molecular weight is 369 g/mol. The van der Waals surface area contributed by atoms with E-state index in [0.717, 1.165) is 30.4 Å². The van der Waals surface area contributed by atoms with Gasteiger partial charge in [-0.25, -0.2) is 10.2 Å². The van der Waals surface area contributed by atoms with Crippen molar-refractivity contribution in [1.82, 2.24) is 5.43 Å². The molecule has 6 nitrogen and oxygen atoms in total. The molecule has 2 aromatic rings. The maximum Gasteiger partial charge on any atom is 0.328 e. The number of anilines is 1. The molecule has 0 atom stereocenters. The van der Waals surface area contributed by atoms with E-state index in [1.54, 1.807) is 24.3 Å².